The lowest BCUT2D eigenvalue weighted by Gasteiger charge is -2.02. The monoisotopic (exact) mass is 270 g/mol. The summed E-state index contributed by atoms with van der Waals surface area (Å²) in [6, 6.07) is 0. The molecule has 1 aromatic rings. The maximum Gasteiger partial charge on any atom is 0.355 e. The van der Waals surface area contributed by atoms with Gasteiger partial charge < -0.3 is 10.4 Å². The third-order valence-corrected chi connectivity index (χ3v) is 3.73. The first-order valence-electron chi connectivity index (χ1n) is 6.59. The molecule has 0 aliphatic heterocycles. The Kier molecular flexibility index (Phi) is 6.72. The summed E-state index contributed by atoms with van der Waals surface area (Å²) in [4.78, 5) is 15.6. The van der Waals surface area contributed by atoms with Crippen LogP contribution in [0.3, 0.4) is 0 Å². The molecule has 0 unspecified atom stereocenters. The zero-order valence-corrected chi connectivity index (χ0v) is 12.0. The molecule has 102 valence electrons. The Hall–Kier alpha value is -1.10. The van der Waals surface area contributed by atoms with Crippen molar-refractivity contribution in [2.75, 3.05) is 11.9 Å². The van der Waals surface area contributed by atoms with Gasteiger partial charge in [-0.1, -0.05) is 39.0 Å². The molecule has 18 heavy (non-hydrogen) atoms. The molecule has 0 saturated carbocycles. The van der Waals surface area contributed by atoms with Crippen LogP contribution in [0.15, 0.2) is 0 Å². The maximum absolute atomic E-state index is 10.8. The Morgan fingerprint density at radius 3 is 2.56 bits per heavy atom. The lowest BCUT2D eigenvalue weighted by atomic mass is 10.1. The first kappa shape index (κ1) is 15.0. The van der Waals surface area contributed by atoms with E-state index in [9.17, 15) is 4.79 Å². The van der Waals surface area contributed by atoms with Crippen molar-refractivity contribution >= 4 is 22.4 Å². The average molecular weight is 270 g/mol. The quantitative estimate of drug-likeness (QED) is 0.668. The molecule has 0 amide bonds. The van der Waals surface area contributed by atoms with Crippen molar-refractivity contribution in [3.63, 3.8) is 0 Å². The number of nitrogens with zero attached hydrogens (tertiary/aromatic N) is 1. The Morgan fingerprint density at radius 2 is 1.94 bits per heavy atom. The summed E-state index contributed by atoms with van der Waals surface area (Å²) in [6.45, 7) is 4.88. The molecular weight excluding hydrogens is 248 g/mol. The molecule has 1 heterocycles. The van der Waals surface area contributed by atoms with Gasteiger partial charge in [-0.05, 0) is 13.3 Å². The van der Waals surface area contributed by atoms with E-state index < -0.39 is 5.97 Å². The molecule has 1 rings (SSSR count). The molecule has 5 heteroatoms. The average Bonchev–Trinajstić information content (AvgIpc) is 2.69. The van der Waals surface area contributed by atoms with Crippen molar-refractivity contribution in [3.05, 3.63) is 10.6 Å². The number of rotatable bonds is 9. The van der Waals surface area contributed by atoms with Crippen LogP contribution in [0, 0.1) is 6.92 Å². The van der Waals surface area contributed by atoms with Crippen molar-refractivity contribution in [3.8, 4) is 0 Å². The van der Waals surface area contributed by atoms with E-state index >= 15 is 0 Å². The van der Waals surface area contributed by atoms with Gasteiger partial charge in [0.2, 0.25) is 0 Å². The highest BCUT2D eigenvalue weighted by molar-refractivity contribution is 7.15. The van der Waals surface area contributed by atoms with E-state index in [-0.39, 0.29) is 5.69 Å². The van der Waals surface area contributed by atoms with E-state index in [4.69, 9.17) is 5.11 Å². The molecule has 0 spiro atoms. The number of aryl methyl sites for hydroxylation is 1. The molecule has 0 atom stereocenters. The number of carbonyl (C=O) groups is 1. The smallest absolute Gasteiger partial charge is 0.355 e. The predicted molar refractivity (Wildman–Crippen MR) is 75.7 cm³/mol. The molecular formula is C13H22N2O2S. The molecule has 4 nitrogen and oxygen atoms in total. The molecule has 2 N–H and O–H groups in total. The highest BCUT2D eigenvalue weighted by atomic mass is 32.1. The number of aromatic nitrogens is 1. The third-order valence-electron chi connectivity index (χ3n) is 2.81. The second kappa shape index (κ2) is 8.08. The van der Waals surface area contributed by atoms with Crippen LogP contribution in [0.25, 0.3) is 0 Å². The summed E-state index contributed by atoms with van der Waals surface area (Å²) in [5.41, 5.74) is 0.172. The lowest BCUT2D eigenvalue weighted by Crippen LogP contribution is -2.03. The van der Waals surface area contributed by atoms with Crippen molar-refractivity contribution in [1.82, 2.24) is 4.98 Å². The van der Waals surface area contributed by atoms with Gasteiger partial charge >= 0.3 is 5.97 Å². The Labute approximate surface area is 112 Å². The van der Waals surface area contributed by atoms with Crippen LogP contribution in [0.2, 0.25) is 0 Å². The number of hydrogen-bond acceptors (Lipinski definition) is 4. The van der Waals surface area contributed by atoms with Crippen molar-refractivity contribution in [2.24, 2.45) is 0 Å². The predicted octanol–water partition coefficient (Wildman–Crippen LogP) is 3.92. The number of unbranched alkanes of at least 4 members (excludes halogenated alkanes) is 5. The molecule has 0 bridgehead atoms. The van der Waals surface area contributed by atoms with E-state index in [1.165, 1.54) is 43.4 Å². The van der Waals surface area contributed by atoms with Crippen LogP contribution >= 0.6 is 11.3 Å². The topological polar surface area (TPSA) is 62.2 Å². The van der Waals surface area contributed by atoms with E-state index in [1.54, 1.807) is 6.92 Å². The Morgan fingerprint density at radius 1 is 1.28 bits per heavy atom. The van der Waals surface area contributed by atoms with E-state index in [0.717, 1.165) is 23.0 Å². The second-order valence-electron chi connectivity index (χ2n) is 4.42. The zero-order valence-electron chi connectivity index (χ0n) is 11.2. The number of thiazole rings is 1. The van der Waals surface area contributed by atoms with Crippen molar-refractivity contribution in [2.45, 2.75) is 52.4 Å². The first-order valence-corrected chi connectivity index (χ1v) is 7.41. The standard InChI is InChI=1S/C13H22N2O2S/c1-3-4-5-6-7-8-9-14-13-15-11(12(16)17)10(2)18-13/h3-9H2,1-2H3,(H,14,15)(H,16,17). The highest BCUT2D eigenvalue weighted by Crippen LogP contribution is 2.21. The summed E-state index contributed by atoms with van der Waals surface area (Å²) >= 11 is 1.41. The number of nitrogens with one attached hydrogen (secondary N) is 1. The summed E-state index contributed by atoms with van der Waals surface area (Å²) < 4.78 is 0. The third kappa shape index (κ3) is 5.04. The van der Waals surface area contributed by atoms with Gasteiger partial charge in [0.25, 0.3) is 0 Å². The van der Waals surface area contributed by atoms with Gasteiger partial charge in [0.15, 0.2) is 10.8 Å². The van der Waals surface area contributed by atoms with Gasteiger partial charge in [0.1, 0.15) is 0 Å². The summed E-state index contributed by atoms with van der Waals surface area (Å²) in [5.74, 6) is -0.948. The van der Waals surface area contributed by atoms with Crippen molar-refractivity contribution < 1.29 is 9.90 Å². The summed E-state index contributed by atoms with van der Waals surface area (Å²) in [7, 11) is 0. The van der Waals surface area contributed by atoms with Crippen LogP contribution in [0.1, 0.15) is 60.8 Å². The second-order valence-corrected chi connectivity index (χ2v) is 5.63. The highest BCUT2D eigenvalue weighted by Gasteiger charge is 2.13. The van der Waals surface area contributed by atoms with Crippen LogP contribution in [0.4, 0.5) is 5.13 Å². The normalized spacial score (nSPS) is 10.6. The molecule has 0 fully saturated rings. The van der Waals surface area contributed by atoms with E-state index in [2.05, 4.69) is 17.2 Å². The fourth-order valence-corrected chi connectivity index (χ4v) is 2.60. The molecule has 0 aromatic carbocycles. The number of hydrogen-bond donors (Lipinski definition) is 2. The maximum atomic E-state index is 10.8. The van der Waals surface area contributed by atoms with Crippen LogP contribution in [-0.2, 0) is 0 Å². The number of anilines is 1. The molecule has 0 radical (unpaired) electrons. The van der Waals surface area contributed by atoms with Gasteiger partial charge in [-0.2, -0.15) is 0 Å². The summed E-state index contributed by atoms with van der Waals surface area (Å²) in [5, 5.41) is 12.8. The van der Waals surface area contributed by atoms with Gasteiger partial charge in [0, 0.05) is 11.4 Å². The van der Waals surface area contributed by atoms with E-state index in [1.807, 2.05) is 0 Å². The Bertz CT molecular complexity index is 377. The van der Waals surface area contributed by atoms with Gasteiger partial charge in [0.05, 0.1) is 0 Å². The summed E-state index contributed by atoms with van der Waals surface area (Å²) in [6.07, 6.45) is 7.53. The SMILES string of the molecule is CCCCCCCCNc1nc(C(=O)O)c(C)s1. The van der Waals surface area contributed by atoms with E-state index in [0.29, 0.717) is 0 Å². The molecule has 1 aromatic heterocycles. The number of carboxylic acids is 1. The van der Waals surface area contributed by atoms with Crippen LogP contribution in [-0.4, -0.2) is 22.6 Å². The van der Waals surface area contributed by atoms with Gasteiger partial charge in [-0.15, -0.1) is 11.3 Å². The fourth-order valence-electron chi connectivity index (χ4n) is 1.77. The minimum atomic E-state index is -0.948. The Balaban J connectivity index is 2.19. The van der Waals surface area contributed by atoms with Gasteiger partial charge in [-0.3, -0.25) is 0 Å². The minimum Gasteiger partial charge on any atom is -0.476 e. The molecule has 0 aliphatic carbocycles. The lowest BCUT2D eigenvalue weighted by molar-refractivity contribution is 0.0690. The van der Waals surface area contributed by atoms with Gasteiger partial charge in [-0.25, -0.2) is 9.78 Å². The largest absolute Gasteiger partial charge is 0.476 e. The number of aromatic carboxylic acids is 1. The molecule has 0 saturated heterocycles. The van der Waals surface area contributed by atoms with Crippen LogP contribution < -0.4 is 5.32 Å². The first-order chi connectivity index (χ1) is 8.65. The van der Waals surface area contributed by atoms with Crippen LogP contribution in [0.5, 0.6) is 0 Å². The van der Waals surface area contributed by atoms with Crippen molar-refractivity contribution in [1.29, 1.82) is 0 Å². The fraction of sp³-hybridized carbons (Fsp3) is 0.692. The molecule has 0 aliphatic rings. The minimum absolute atomic E-state index is 0.172. The number of carboxylic acid groups (broad SMARTS) is 1. The zero-order chi connectivity index (χ0) is 13.4.